The van der Waals surface area contributed by atoms with Gasteiger partial charge in [-0.15, -0.1) is 0 Å². The second kappa shape index (κ2) is 30.2. The van der Waals surface area contributed by atoms with Gasteiger partial charge in [0, 0.05) is 0 Å². The summed E-state index contributed by atoms with van der Waals surface area (Å²) in [6.07, 6.45) is 0. The van der Waals surface area contributed by atoms with Crippen molar-refractivity contribution in [3.05, 3.63) is 189 Å². The maximum Gasteiger partial charge on any atom is -0.0129 e. The lowest BCUT2D eigenvalue weighted by Crippen LogP contribution is -2.21. The lowest BCUT2D eigenvalue weighted by molar-refractivity contribution is 0.530. The first-order valence-corrected chi connectivity index (χ1v) is 28.4. The maximum atomic E-state index is 2.34. The molecule has 454 valence electrons. The van der Waals surface area contributed by atoms with Crippen LogP contribution < -0.4 is 0 Å². The van der Waals surface area contributed by atoms with Gasteiger partial charge in [-0.1, -0.05) is 372 Å². The molecule has 0 nitrogen and oxygen atoms in total. The van der Waals surface area contributed by atoms with Crippen LogP contribution in [0.15, 0.2) is 127 Å². The first kappa shape index (κ1) is 82.0. The van der Waals surface area contributed by atoms with Gasteiger partial charge in [-0.25, -0.2) is 0 Å². The average Bonchev–Trinajstić information content (AvgIpc) is 3.24. The van der Waals surface area contributed by atoms with Gasteiger partial charge in [-0.2, -0.15) is 0 Å². The van der Waals surface area contributed by atoms with Crippen molar-refractivity contribution in [3.63, 3.8) is 0 Å². The van der Waals surface area contributed by atoms with Gasteiger partial charge >= 0.3 is 0 Å². The lowest BCUT2D eigenvalue weighted by atomic mass is 9.75. The normalized spacial score (nSPS) is 12.2. The van der Waals surface area contributed by atoms with Crippen LogP contribution in [0.3, 0.4) is 0 Å². The Morgan fingerprint density at radius 3 is 0.675 bits per heavy atom. The summed E-state index contributed by atoms with van der Waals surface area (Å²) in [4.78, 5) is 0. The van der Waals surface area contributed by atoms with Crippen LogP contribution in [0.2, 0.25) is 0 Å². The lowest BCUT2D eigenvalue weighted by Gasteiger charge is -2.29. The molecule has 80 heavy (non-hydrogen) atoms. The van der Waals surface area contributed by atoms with E-state index in [0.29, 0.717) is 0 Å². The molecule has 0 aliphatic carbocycles. The van der Waals surface area contributed by atoms with Crippen molar-refractivity contribution in [2.75, 3.05) is 0 Å². The highest BCUT2D eigenvalue weighted by molar-refractivity contribution is 5.84. The second-order valence-electron chi connectivity index (χ2n) is 32.0. The number of rotatable bonds is 0. The Kier molecular flexibility index (Phi) is 31.0. The van der Waals surface area contributed by atoms with Crippen LogP contribution in [0.4, 0.5) is 0 Å². The smallest absolute Gasteiger partial charge is 0.0129 e. The fourth-order valence-electron chi connectivity index (χ4n) is 8.87. The molecule has 0 atom stereocenters. The second-order valence-corrected chi connectivity index (χ2v) is 32.0. The monoisotopic (exact) mass is 1100 g/mol. The molecule has 0 heterocycles. The molecular weight excluding hydrogens is 961 g/mol. The largest absolute Gasteiger partial charge is 0.0776 e. The van der Waals surface area contributed by atoms with Gasteiger partial charge in [0.15, 0.2) is 0 Å². The Hall–Kier alpha value is -4.42. The summed E-state index contributed by atoms with van der Waals surface area (Å²) in [5, 5.41) is 2.69. The van der Waals surface area contributed by atoms with Gasteiger partial charge in [0.1, 0.15) is 0 Å². The first-order valence-electron chi connectivity index (χ1n) is 28.4. The number of hydrogen-bond donors (Lipinski definition) is 0. The summed E-state index contributed by atoms with van der Waals surface area (Å²) >= 11 is 0. The van der Waals surface area contributed by atoms with E-state index in [2.05, 4.69) is 342 Å². The molecule has 6 aromatic carbocycles. The third kappa shape index (κ3) is 26.2. The molecule has 0 bridgehead atoms. The van der Waals surface area contributed by atoms with Gasteiger partial charge in [-0.3, -0.25) is 0 Å². The van der Waals surface area contributed by atoms with Crippen LogP contribution in [-0.4, -0.2) is 0 Å². The van der Waals surface area contributed by atoms with Crippen molar-refractivity contribution in [1.82, 2.24) is 0 Å². The fraction of sp³-hybridized carbons (Fsp3) is 0.575. The molecule has 0 unspecified atom stereocenters. The number of fused-ring (bicyclic) bond motifs is 1. The predicted octanol–water partition coefficient (Wildman–Crippen LogP) is 26.1. The van der Waals surface area contributed by atoms with Crippen LogP contribution >= 0.6 is 0 Å². The minimum Gasteiger partial charge on any atom is -0.0776 e. The van der Waals surface area contributed by atoms with E-state index in [1.807, 2.05) is 0 Å². The molecule has 0 amide bonds. The fourth-order valence-corrected chi connectivity index (χ4v) is 8.87. The topological polar surface area (TPSA) is 0 Å². The standard InChI is InChI=1S/C18H24.C15H24.3C14H22.5CH4/c1-17(2,3)15-9-7-13-8-10-16(18(4,5)6)12-14(13)11-15;1-11-10-12(14(2,3)4)8-9-13(11)15(5,6)7;1-13(2,3)11-7-9-12(10-8-11)14(4,5)6;1-13(2,3)11-8-7-9-12(10-11)14(4,5)6;1-13(2,3)11-9-7-8-10-12(11)14(4,5)6;;;;;/h7-12H,1-6H3;8-10H,1-7H3;3*7-10H,1-6H3;5*1H4. The van der Waals surface area contributed by atoms with Gasteiger partial charge in [0.05, 0.1) is 0 Å². The Morgan fingerprint density at radius 1 is 0.188 bits per heavy atom. The molecular formula is C80H134. The van der Waals surface area contributed by atoms with Crippen LogP contribution in [0.25, 0.3) is 10.8 Å². The Balaban J connectivity index is -0.000000446. The number of benzene rings is 6. The number of hydrogen-bond acceptors (Lipinski definition) is 0. The van der Waals surface area contributed by atoms with Crippen LogP contribution in [-0.2, 0) is 54.1 Å². The highest BCUT2D eigenvalue weighted by Gasteiger charge is 2.25. The van der Waals surface area contributed by atoms with E-state index in [1.165, 1.54) is 72.0 Å². The van der Waals surface area contributed by atoms with E-state index < -0.39 is 0 Å². The molecule has 0 radical (unpaired) electrons. The highest BCUT2D eigenvalue weighted by Crippen LogP contribution is 2.35. The van der Waals surface area contributed by atoms with Crippen molar-refractivity contribution in [3.8, 4) is 0 Å². The summed E-state index contributed by atoms with van der Waals surface area (Å²) in [5.41, 5.74) is 18.1. The zero-order chi connectivity index (χ0) is 58.4. The molecule has 0 aliphatic heterocycles. The van der Waals surface area contributed by atoms with Crippen molar-refractivity contribution >= 4 is 10.8 Å². The van der Waals surface area contributed by atoms with Gasteiger partial charge < -0.3 is 0 Å². The van der Waals surface area contributed by atoms with E-state index in [-0.39, 0.29) is 91.3 Å². The first-order chi connectivity index (χ1) is 33.4. The molecule has 0 saturated carbocycles. The molecule has 0 aromatic heterocycles. The summed E-state index contributed by atoms with van der Waals surface area (Å²) in [5.74, 6) is 0. The minimum atomic E-state index is 0. The molecule has 0 heteroatoms. The SMILES string of the molecule is C.C.C.C.C.CC(C)(C)c1ccc(C(C)(C)C)cc1.CC(C)(C)c1ccc2ccc(C(C)(C)C)cc2c1.CC(C)(C)c1cccc(C(C)(C)C)c1.CC(C)(C)c1ccccc1C(C)(C)C.Cc1cc(C(C)(C)C)ccc1C(C)(C)C. The van der Waals surface area contributed by atoms with Crippen molar-refractivity contribution in [2.24, 2.45) is 0 Å². The Morgan fingerprint density at radius 2 is 0.425 bits per heavy atom. The van der Waals surface area contributed by atoms with Crippen molar-refractivity contribution in [1.29, 1.82) is 0 Å². The van der Waals surface area contributed by atoms with E-state index in [4.69, 9.17) is 0 Å². The molecule has 6 aromatic rings. The average molecular weight is 1100 g/mol. The molecule has 0 saturated heterocycles. The zero-order valence-electron chi connectivity index (χ0n) is 54.6. The van der Waals surface area contributed by atoms with Gasteiger partial charge in [0.2, 0.25) is 0 Å². The zero-order valence-corrected chi connectivity index (χ0v) is 54.6. The van der Waals surface area contributed by atoms with E-state index in [0.717, 1.165) is 0 Å². The molecule has 6 rings (SSSR count). The summed E-state index contributed by atoms with van der Waals surface area (Å²) in [6, 6.07) is 47.3. The van der Waals surface area contributed by atoms with E-state index in [1.54, 1.807) is 0 Å². The van der Waals surface area contributed by atoms with E-state index >= 15 is 0 Å². The highest BCUT2D eigenvalue weighted by atomic mass is 14.3. The van der Waals surface area contributed by atoms with Crippen LogP contribution in [0.1, 0.15) is 306 Å². The van der Waals surface area contributed by atoms with E-state index in [9.17, 15) is 0 Å². The molecule has 0 N–H and O–H groups in total. The molecule has 0 aliphatic rings. The summed E-state index contributed by atoms with van der Waals surface area (Å²) in [7, 11) is 0. The Labute approximate surface area is 502 Å². The quantitative estimate of drug-likeness (QED) is 0.142. The summed E-state index contributed by atoms with van der Waals surface area (Å²) in [6.45, 7) is 70.1. The van der Waals surface area contributed by atoms with Crippen molar-refractivity contribution < 1.29 is 0 Å². The maximum absolute atomic E-state index is 2.34. The molecule has 0 fully saturated rings. The molecule has 0 spiro atoms. The van der Waals surface area contributed by atoms with Crippen LogP contribution in [0, 0.1) is 6.92 Å². The Bertz CT molecular complexity index is 2550. The predicted molar refractivity (Wildman–Crippen MR) is 375 cm³/mol. The number of aryl methyl sites for hydroxylation is 1. The van der Waals surface area contributed by atoms with Crippen LogP contribution in [0.5, 0.6) is 0 Å². The third-order valence-corrected chi connectivity index (χ3v) is 14.2. The third-order valence-electron chi connectivity index (χ3n) is 14.2. The van der Waals surface area contributed by atoms with Crippen molar-refractivity contribution in [2.45, 2.75) is 306 Å². The summed E-state index contributed by atoms with van der Waals surface area (Å²) < 4.78 is 0. The minimum absolute atomic E-state index is 0. The van der Waals surface area contributed by atoms with Gasteiger partial charge in [0.25, 0.3) is 0 Å². The van der Waals surface area contributed by atoms with Gasteiger partial charge in [-0.05, 0) is 133 Å².